The molecule has 0 unspecified atom stereocenters. The highest BCUT2D eigenvalue weighted by molar-refractivity contribution is 7.99. The average Bonchev–Trinajstić information content (AvgIpc) is 2.82. The summed E-state index contributed by atoms with van der Waals surface area (Å²) >= 11 is 7.36. The molecule has 1 aliphatic rings. The van der Waals surface area contributed by atoms with E-state index < -0.39 is 5.97 Å². The molecular formula is C12H11ClN4O2S. The molecule has 0 atom stereocenters. The van der Waals surface area contributed by atoms with Gasteiger partial charge in [0.2, 0.25) is 0 Å². The van der Waals surface area contributed by atoms with Crippen LogP contribution in [0.3, 0.4) is 0 Å². The number of rotatable bonds is 3. The van der Waals surface area contributed by atoms with Crippen LogP contribution in [-0.2, 0) is 11.5 Å². The molecule has 0 spiro atoms. The van der Waals surface area contributed by atoms with Crippen LogP contribution in [0, 0.1) is 0 Å². The first-order valence-corrected chi connectivity index (χ1v) is 7.26. The third-order valence-corrected chi connectivity index (χ3v) is 4.20. The van der Waals surface area contributed by atoms with Gasteiger partial charge in [0.15, 0.2) is 11.0 Å². The Morgan fingerprint density at radius 1 is 1.35 bits per heavy atom. The van der Waals surface area contributed by atoms with E-state index in [1.807, 2.05) is 21.6 Å². The fourth-order valence-electron chi connectivity index (χ4n) is 2.01. The summed E-state index contributed by atoms with van der Waals surface area (Å²) < 4.78 is 1.92. The summed E-state index contributed by atoms with van der Waals surface area (Å²) in [6.45, 7) is 0.476. The second-order valence-corrected chi connectivity index (χ2v) is 5.73. The maximum Gasteiger partial charge on any atom is 0.317 e. The van der Waals surface area contributed by atoms with Gasteiger partial charge in [0.25, 0.3) is 0 Å². The molecule has 2 heterocycles. The number of fused-ring (bicyclic) bond motifs is 1. The maximum atomic E-state index is 10.8. The van der Waals surface area contributed by atoms with Crippen molar-refractivity contribution in [2.75, 3.05) is 12.4 Å². The van der Waals surface area contributed by atoms with Gasteiger partial charge in [0.1, 0.15) is 0 Å². The molecule has 1 aliphatic heterocycles. The van der Waals surface area contributed by atoms with Gasteiger partial charge in [-0.3, -0.25) is 14.3 Å². The zero-order chi connectivity index (χ0) is 14.1. The summed E-state index contributed by atoms with van der Waals surface area (Å²) in [5.74, 6) is 0.486. The molecule has 0 aliphatic carbocycles. The summed E-state index contributed by atoms with van der Waals surface area (Å²) in [5, 5.41) is 18.7. The normalized spacial score (nSPS) is 15.1. The molecule has 1 N–H and O–H groups in total. The highest BCUT2D eigenvalue weighted by Crippen LogP contribution is 2.29. The molecule has 0 bridgehead atoms. The van der Waals surface area contributed by atoms with Crippen LogP contribution in [0.25, 0.3) is 11.4 Å². The van der Waals surface area contributed by atoms with Crippen molar-refractivity contribution in [2.45, 2.75) is 11.8 Å². The number of halogens is 1. The smallest absolute Gasteiger partial charge is 0.317 e. The van der Waals surface area contributed by atoms with Gasteiger partial charge in [0, 0.05) is 10.6 Å². The molecule has 0 saturated heterocycles. The number of carboxylic acid groups (broad SMARTS) is 1. The standard InChI is InChI=1S/C12H11ClN4O2S/c13-9-3-1-8(2-4-9)11-14-15-12-17(11)6-16(7-20-12)5-10(18)19/h1-4H,5-7H2,(H,18,19). The van der Waals surface area contributed by atoms with E-state index in [4.69, 9.17) is 16.7 Å². The van der Waals surface area contributed by atoms with Gasteiger partial charge in [-0.1, -0.05) is 23.4 Å². The van der Waals surface area contributed by atoms with Crippen molar-refractivity contribution in [1.82, 2.24) is 19.7 Å². The van der Waals surface area contributed by atoms with Gasteiger partial charge in [-0.2, -0.15) is 0 Å². The SMILES string of the molecule is O=C(O)CN1CSc2nnc(-c3ccc(Cl)cc3)n2C1. The first-order valence-electron chi connectivity index (χ1n) is 5.89. The van der Waals surface area contributed by atoms with Crippen LogP contribution in [0.15, 0.2) is 29.4 Å². The predicted octanol–water partition coefficient (Wildman–Crippen LogP) is 2.01. The van der Waals surface area contributed by atoms with E-state index in [-0.39, 0.29) is 6.54 Å². The number of carboxylic acids is 1. The number of aromatic nitrogens is 3. The largest absolute Gasteiger partial charge is 0.480 e. The molecule has 8 heteroatoms. The third kappa shape index (κ3) is 2.65. The number of aliphatic carboxylic acids is 1. The zero-order valence-electron chi connectivity index (χ0n) is 10.4. The minimum atomic E-state index is -0.838. The van der Waals surface area contributed by atoms with E-state index in [1.54, 1.807) is 12.1 Å². The van der Waals surface area contributed by atoms with Crippen molar-refractivity contribution >= 4 is 29.3 Å². The Morgan fingerprint density at radius 2 is 2.10 bits per heavy atom. The molecule has 104 valence electrons. The van der Waals surface area contributed by atoms with Gasteiger partial charge in [-0.25, -0.2) is 0 Å². The summed E-state index contributed by atoms with van der Waals surface area (Å²) in [5.41, 5.74) is 0.908. The van der Waals surface area contributed by atoms with Crippen LogP contribution >= 0.6 is 23.4 Å². The summed E-state index contributed by atoms with van der Waals surface area (Å²) in [6.07, 6.45) is 0. The Bertz CT molecular complexity index is 643. The van der Waals surface area contributed by atoms with Crippen molar-refractivity contribution in [3.63, 3.8) is 0 Å². The molecule has 0 amide bonds. The number of nitrogens with zero attached hydrogens (tertiary/aromatic N) is 4. The van der Waals surface area contributed by atoms with Gasteiger partial charge in [-0.05, 0) is 24.3 Å². The molecular weight excluding hydrogens is 300 g/mol. The first-order chi connectivity index (χ1) is 9.63. The van der Waals surface area contributed by atoms with Crippen molar-refractivity contribution in [2.24, 2.45) is 0 Å². The Morgan fingerprint density at radius 3 is 2.80 bits per heavy atom. The van der Waals surface area contributed by atoms with Crippen molar-refractivity contribution in [3.05, 3.63) is 29.3 Å². The van der Waals surface area contributed by atoms with E-state index in [1.165, 1.54) is 11.8 Å². The van der Waals surface area contributed by atoms with E-state index in [2.05, 4.69) is 10.2 Å². The molecule has 6 nitrogen and oxygen atoms in total. The Hall–Kier alpha value is -1.57. The minimum absolute atomic E-state index is 0.00464. The van der Waals surface area contributed by atoms with Crippen molar-refractivity contribution in [3.8, 4) is 11.4 Å². The number of thioether (sulfide) groups is 1. The van der Waals surface area contributed by atoms with Crippen LogP contribution in [0.2, 0.25) is 5.02 Å². The molecule has 0 saturated carbocycles. The summed E-state index contributed by atoms with van der Waals surface area (Å²) in [6, 6.07) is 7.34. The topological polar surface area (TPSA) is 71.2 Å². The Kier molecular flexibility index (Phi) is 3.64. The van der Waals surface area contributed by atoms with Crippen LogP contribution in [0.4, 0.5) is 0 Å². The molecule has 0 radical (unpaired) electrons. The first kappa shape index (κ1) is 13.4. The van der Waals surface area contributed by atoms with E-state index in [0.29, 0.717) is 17.6 Å². The highest BCUT2D eigenvalue weighted by Gasteiger charge is 2.23. The molecule has 2 aromatic rings. The van der Waals surface area contributed by atoms with Crippen molar-refractivity contribution in [1.29, 1.82) is 0 Å². The Balaban J connectivity index is 1.90. The lowest BCUT2D eigenvalue weighted by molar-refractivity contribution is -0.138. The van der Waals surface area contributed by atoms with Crippen LogP contribution in [-0.4, -0.2) is 43.2 Å². The zero-order valence-corrected chi connectivity index (χ0v) is 11.9. The second kappa shape index (κ2) is 5.43. The maximum absolute atomic E-state index is 10.8. The summed E-state index contributed by atoms with van der Waals surface area (Å²) in [4.78, 5) is 12.6. The van der Waals surface area contributed by atoms with Crippen LogP contribution in [0.1, 0.15) is 0 Å². The lowest BCUT2D eigenvalue weighted by atomic mass is 10.2. The highest BCUT2D eigenvalue weighted by atomic mass is 35.5. The summed E-state index contributed by atoms with van der Waals surface area (Å²) in [7, 11) is 0. The average molecular weight is 311 g/mol. The monoisotopic (exact) mass is 310 g/mol. The Labute approximate surface area is 124 Å². The predicted molar refractivity (Wildman–Crippen MR) is 75.5 cm³/mol. The number of benzene rings is 1. The van der Waals surface area contributed by atoms with E-state index in [0.717, 1.165) is 16.5 Å². The fourth-order valence-corrected chi connectivity index (χ4v) is 3.01. The van der Waals surface area contributed by atoms with E-state index >= 15 is 0 Å². The molecule has 1 aromatic heterocycles. The lowest BCUT2D eigenvalue weighted by Gasteiger charge is -2.26. The van der Waals surface area contributed by atoms with Gasteiger partial charge in [-0.15, -0.1) is 10.2 Å². The number of carbonyl (C=O) groups is 1. The quantitative estimate of drug-likeness (QED) is 0.935. The van der Waals surface area contributed by atoms with E-state index in [9.17, 15) is 4.79 Å². The fraction of sp³-hybridized carbons (Fsp3) is 0.250. The van der Waals surface area contributed by atoms with Crippen LogP contribution < -0.4 is 0 Å². The van der Waals surface area contributed by atoms with Gasteiger partial charge < -0.3 is 5.11 Å². The van der Waals surface area contributed by atoms with Crippen LogP contribution in [0.5, 0.6) is 0 Å². The number of hydrogen-bond acceptors (Lipinski definition) is 5. The molecule has 3 rings (SSSR count). The van der Waals surface area contributed by atoms with Gasteiger partial charge in [0.05, 0.1) is 19.1 Å². The van der Waals surface area contributed by atoms with Gasteiger partial charge >= 0.3 is 5.97 Å². The molecule has 0 fully saturated rings. The number of hydrogen-bond donors (Lipinski definition) is 1. The minimum Gasteiger partial charge on any atom is -0.480 e. The lowest BCUT2D eigenvalue weighted by Crippen LogP contribution is -2.34. The molecule has 1 aromatic carbocycles. The molecule has 20 heavy (non-hydrogen) atoms. The van der Waals surface area contributed by atoms with Crippen molar-refractivity contribution < 1.29 is 9.90 Å². The third-order valence-electron chi connectivity index (χ3n) is 2.90. The second-order valence-electron chi connectivity index (χ2n) is 4.38.